The maximum atomic E-state index is 13.3. The van der Waals surface area contributed by atoms with Crippen molar-refractivity contribution in [3.8, 4) is 5.69 Å². The molecule has 0 amide bonds. The molecule has 3 heterocycles. The zero-order valence-corrected chi connectivity index (χ0v) is 17.3. The molecule has 1 aliphatic rings. The highest BCUT2D eigenvalue weighted by molar-refractivity contribution is 5.55. The minimum atomic E-state index is -4.54. The van der Waals surface area contributed by atoms with Crippen LogP contribution in [0.4, 0.5) is 23.2 Å². The van der Waals surface area contributed by atoms with Crippen LogP contribution in [0.25, 0.3) is 5.69 Å². The lowest BCUT2D eigenvalue weighted by molar-refractivity contribution is -0.141. The minimum absolute atomic E-state index is 0.0251. The number of aliphatic hydroxyl groups excluding tert-OH is 1. The summed E-state index contributed by atoms with van der Waals surface area (Å²) >= 11 is 0. The maximum Gasteiger partial charge on any atom is 0.435 e. The summed E-state index contributed by atoms with van der Waals surface area (Å²) in [6, 6.07) is 6.30. The van der Waals surface area contributed by atoms with E-state index in [0.29, 0.717) is 30.0 Å². The Morgan fingerprint density at radius 3 is 2.42 bits per heavy atom. The quantitative estimate of drug-likeness (QED) is 0.614. The molecule has 6 nitrogen and oxygen atoms in total. The first-order chi connectivity index (χ1) is 14.6. The fraction of sp³-hybridized carbons (Fsp3) is 0.429. The van der Waals surface area contributed by atoms with Crippen LogP contribution >= 0.6 is 0 Å². The molecule has 0 spiro atoms. The Labute approximate surface area is 176 Å². The van der Waals surface area contributed by atoms with Crippen molar-refractivity contribution in [2.75, 3.05) is 11.4 Å². The molecule has 1 aromatic carbocycles. The van der Waals surface area contributed by atoms with Crippen LogP contribution in [0.3, 0.4) is 0 Å². The summed E-state index contributed by atoms with van der Waals surface area (Å²) in [4.78, 5) is 1.74. The van der Waals surface area contributed by atoms with Crippen molar-refractivity contribution in [2.24, 2.45) is 0 Å². The molecule has 1 N–H and O–H groups in total. The third-order valence-electron chi connectivity index (χ3n) is 5.57. The smallest absolute Gasteiger partial charge is 0.371 e. The van der Waals surface area contributed by atoms with Crippen molar-refractivity contribution in [1.82, 2.24) is 19.6 Å². The number of aryl methyl sites for hydroxylation is 1. The van der Waals surface area contributed by atoms with Crippen LogP contribution in [0.5, 0.6) is 0 Å². The van der Waals surface area contributed by atoms with E-state index in [9.17, 15) is 22.7 Å². The van der Waals surface area contributed by atoms with Gasteiger partial charge in [0.15, 0.2) is 5.69 Å². The number of rotatable bonds is 4. The van der Waals surface area contributed by atoms with Crippen LogP contribution in [0.15, 0.2) is 36.5 Å². The number of anilines is 1. The van der Waals surface area contributed by atoms with Crippen LogP contribution < -0.4 is 4.90 Å². The van der Waals surface area contributed by atoms with E-state index in [4.69, 9.17) is 0 Å². The van der Waals surface area contributed by atoms with Crippen molar-refractivity contribution in [2.45, 2.75) is 51.6 Å². The molecule has 4 rings (SSSR count). The number of hydrogen-bond acceptors (Lipinski definition) is 4. The zero-order chi connectivity index (χ0) is 22.5. The molecule has 2 aromatic heterocycles. The van der Waals surface area contributed by atoms with Crippen molar-refractivity contribution < 1.29 is 22.7 Å². The fourth-order valence-corrected chi connectivity index (χ4v) is 4.13. The van der Waals surface area contributed by atoms with Gasteiger partial charge >= 0.3 is 6.18 Å². The number of nitrogens with zero attached hydrogens (tertiary/aromatic N) is 5. The molecule has 1 fully saturated rings. The Kier molecular flexibility index (Phi) is 5.28. The van der Waals surface area contributed by atoms with Crippen LogP contribution in [-0.4, -0.2) is 37.4 Å². The number of alkyl halides is 3. The van der Waals surface area contributed by atoms with E-state index in [1.165, 1.54) is 16.8 Å². The lowest BCUT2D eigenvalue weighted by Gasteiger charge is -2.27. The van der Waals surface area contributed by atoms with E-state index in [0.717, 1.165) is 11.8 Å². The summed E-state index contributed by atoms with van der Waals surface area (Å²) in [5, 5.41) is 19.2. The predicted octanol–water partition coefficient (Wildman–Crippen LogP) is 4.43. The molecule has 2 unspecified atom stereocenters. The van der Waals surface area contributed by atoms with Gasteiger partial charge in [0.25, 0.3) is 0 Å². The van der Waals surface area contributed by atoms with Gasteiger partial charge in [-0.1, -0.05) is 13.8 Å². The lowest BCUT2D eigenvalue weighted by Crippen LogP contribution is -2.34. The first kappa shape index (κ1) is 21.4. The van der Waals surface area contributed by atoms with E-state index in [2.05, 4.69) is 10.2 Å². The van der Waals surface area contributed by atoms with Gasteiger partial charge in [-0.2, -0.15) is 23.4 Å². The normalized spacial score (nSPS) is 19.6. The number of aromatic nitrogens is 4. The molecule has 31 heavy (non-hydrogen) atoms. The molecule has 0 radical (unpaired) electrons. The lowest BCUT2D eigenvalue weighted by atomic mass is 10.1. The summed E-state index contributed by atoms with van der Waals surface area (Å²) < 4.78 is 55.4. The average molecular weight is 437 g/mol. The summed E-state index contributed by atoms with van der Waals surface area (Å²) in [5.74, 6) is -0.329. The fourth-order valence-electron chi connectivity index (χ4n) is 4.13. The van der Waals surface area contributed by atoms with Gasteiger partial charge in [0, 0.05) is 12.2 Å². The monoisotopic (exact) mass is 437 g/mol. The van der Waals surface area contributed by atoms with Gasteiger partial charge in [-0.25, -0.2) is 9.07 Å². The predicted molar refractivity (Wildman–Crippen MR) is 107 cm³/mol. The Morgan fingerprint density at radius 1 is 1.16 bits per heavy atom. The van der Waals surface area contributed by atoms with Crippen molar-refractivity contribution in [3.05, 3.63) is 59.4 Å². The largest absolute Gasteiger partial charge is 0.435 e. The van der Waals surface area contributed by atoms with Crippen LogP contribution in [-0.2, 0) is 6.18 Å². The standard InChI is InChI=1S/C21H23F4N5O/c1-12(2)19-17(11-26-30(19)15-6-4-14(22)5-7-15)28-9-8-16(20(28)31)29-13(3)10-18(27-29)21(23,24)25/h4-7,10-12,16,20,31H,8-9H2,1-3H3. The third-order valence-corrected chi connectivity index (χ3v) is 5.57. The second-order valence-electron chi connectivity index (χ2n) is 8.03. The Bertz CT molecular complexity index is 1070. The SMILES string of the molecule is Cc1cc(C(F)(F)F)nn1C1CCN(c2cnn(-c3ccc(F)cc3)c2C(C)C)C1O. The molecule has 0 bridgehead atoms. The van der Waals surface area contributed by atoms with Gasteiger partial charge in [-0.15, -0.1) is 0 Å². The Hall–Kier alpha value is -2.88. The molecule has 0 aliphatic carbocycles. The Balaban J connectivity index is 1.67. The van der Waals surface area contributed by atoms with E-state index in [1.807, 2.05) is 13.8 Å². The van der Waals surface area contributed by atoms with Gasteiger partial charge in [-0.05, 0) is 49.6 Å². The maximum absolute atomic E-state index is 13.3. The van der Waals surface area contributed by atoms with Crippen LogP contribution in [0, 0.1) is 12.7 Å². The average Bonchev–Trinajstić information content (AvgIpc) is 3.38. The number of benzene rings is 1. The second kappa shape index (κ2) is 7.67. The molecular formula is C21H23F4N5O. The molecule has 166 valence electrons. The van der Waals surface area contributed by atoms with Gasteiger partial charge < -0.3 is 10.0 Å². The summed E-state index contributed by atoms with van der Waals surface area (Å²) in [6.45, 7) is 5.94. The minimum Gasteiger partial charge on any atom is -0.371 e. The molecule has 1 aliphatic heterocycles. The molecule has 0 saturated carbocycles. The van der Waals surface area contributed by atoms with Gasteiger partial charge in [0.05, 0.1) is 29.3 Å². The zero-order valence-electron chi connectivity index (χ0n) is 17.3. The summed E-state index contributed by atoms with van der Waals surface area (Å²) in [7, 11) is 0. The first-order valence-electron chi connectivity index (χ1n) is 10.00. The second-order valence-corrected chi connectivity index (χ2v) is 8.03. The topological polar surface area (TPSA) is 59.1 Å². The van der Waals surface area contributed by atoms with E-state index in [1.54, 1.807) is 34.8 Å². The first-order valence-corrected chi connectivity index (χ1v) is 10.00. The van der Waals surface area contributed by atoms with Crippen LogP contribution in [0.1, 0.15) is 49.3 Å². The molecule has 1 saturated heterocycles. The van der Waals surface area contributed by atoms with Crippen molar-refractivity contribution in [3.63, 3.8) is 0 Å². The van der Waals surface area contributed by atoms with Gasteiger partial charge in [0.1, 0.15) is 12.0 Å². The van der Waals surface area contributed by atoms with Gasteiger partial charge in [0.2, 0.25) is 0 Å². The van der Waals surface area contributed by atoms with Crippen molar-refractivity contribution in [1.29, 1.82) is 0 Å². The van der Waals surface area contributed by atoms with E-state index >= 15 is 0 Å². The van der Waals surface area contributed by atoms with Crippen LogP contribution in [0.2, 0.25) is 0 Å². The number of halogens is 4. The highest BCUT2D eigenvalue weighted by Gasteiger charge is 2.40. The molecular weight excluding hydrogens is 414 g/mol. The Morgan fingerprint density at radius 2 is 1.84 bits per heavy atom. The highest BCUT2D eigenvalue weighted by atomic mass is 19.4. The van der Waals surface area contributed by atoms with E-state index < -0.39 is 24.1 Å². The van der Waals surface area contributed by atoms with Crippen molar-refractivity contribution >= 4 is 5.69 Å². The molecule has 3 aromatic rings. The van der Waals surface area contributed by atoms with E-state index in [-0.39, 0.29) is 11.7 Å². The van der Waals surface area contributed by atoms with Gasteiger partial charge in [-0.3, -0.25) is 4.68 Å². The molecule has 2 atom stereocenters. The third kappa shape index (κ3) is 3.80. The number of aliphatic hydroxyl groups is 1. The summed E-state index contributed by atoms with van der Waals surface area (Å²) in [5.41, 5.74) is 1.56. The number of hydrogen-bond donors (Lipinski definition) is 1. The molecule has 10 heteroatoms. The highest BCUT2D eigenvalue weighted by Crippen LogP contribution is 2.38. The summed E-state index contributed by atoms with van der Waals surface area (Å²) in [6.07, 6.45) is -3.55.